The monoisotopic (exact) mass is 213 g/mol. The lowest BCUT2D eigenvalue weighted by molar-refractivity contribution is 0.405. The molecule has 3 nitrogen and oxygen atoms in total. The van der Waals surface area contributed by atoms with Crippen molar-refractivity contribution in [1.82, 2.24) is 4.57 Å². The molecule has 15 heavy (non-hydrogen) atoms. The van der Waals surface area contributed by atoms with Crippen LogP contribution in [0, 0.1) is 20.8 Å². The molecule has 88 valence electrons. The molecule has 3 heteroatoms. The van der Waals surface area contributed by atoms with E-state index in [0.717, 1.165) is 16.7 Å². The van der Waals surface area contributed by atoms with Crippen molar-refractivity contribution in [3.63, 3.8) is 0 Å². The lowest BCUT2D eigenvalue weighted by Gasteiger charge is -2.12. The standard InChI is InChI=1S/C10H15NO2.2CH4/c1-5-11-9(12)7(3)6(2)8(4)10(11)13;;/h12H,5H2,1-4H3;2*1H4. The Morgan fingerprint density at radius 2 is 1.53 bits per heavy atom. The highest BCUT2D eigenvalue weighted by Gasteiger charge is 2.11. The van der Waals surface area contributed by atoms with Crippen molar-refractivity contribution in [2.75, 3.05) is 0 Å². The van der Waals surface area contributed by atoms with Gasteiger partial charge in [-0.2, -0.15) is 0 Å². The third-order valence-electron chi connectivity index (χ3n) is 2.60. The second-order valence-corrected chi connectivity index (χ2v) is 3.25. The first kappa shape index (κ1) is 16.2. The fraction of sp³-hybridized carbons (Fsp3) is 0.583. The smallest absolute Gasteiger partial charge is 0.256 e. The summed E-state index contributed by atoms with van der Waals surface area (Å²) in [6, 6.07) is 0. The molecule has 0 aliphatic rings. The Bertz CT molecular complexity index is 392. The topological polar surface area (TPSA) is 42.2 Å². The van der Waals surface area contributed by atoms with Crippen LogP contribution in [-0.2, 0) is 6.54 Å². The molecule has 0 bridgehead atoms. The number of hydrogen-bond donors (Lipinski definition) is 1. The molecule has 0 saturated carbocycles. The Morgan fingerprint density at radius 3 is 1.93 bits per heavy atom. The molecule has 0 saturated heterocycles. The molecule has 1 aromatic heterocycles. The summed E-state index contributed by atoms with van der Waals surface area (Å²) in [5, 5.41) is 9.65. The van der Waals surface area contributed by atoms with E-state index in [4.69, 9.17) is 0 Å². The first-order chi connectivity index (χ1) is 6.00. The van der Waals surface area contributed by atoms with Crippen LogP contribution in [0.4, 0.5) is 0 Å². The summed E-state index contributed by atoms with van der Waals surface area (Å²) in [5.41, 5.74) is 2.30. The minimum absolute atomic E-state index is 0. The van der Waals surface area contributed by atoms with E-state index in [9.17, 15) is 9.90 Å². The Labute approximate surface area is 92.4 Å². The summed E-state index contributed by atoms with van der Waals surface area (Å²) in [5.74, 6) is 0.0931. The van der Waals surface area contributed by atoms with Gasteiger partial charge in [0.15, 0.2) is 5.88 Å². The molecule has 0 unspecified atom stereocenters. The van der Waals surface area contributed by atoms with Crippen LogP contribution in [-0.4, -0.2) is 9.67 Å². The van der Waals surface area contributed by atoms with Gasteiger partial charge in [-0.1, -0.05) is 14.9 Å². The molecule has 0 aliphatic carbocycles. The molecule has 1 N–H and O–H groups in total. The van der Waals surface area contributed by atoms with Gasteiger partial charge in [-0.25, -0.2) is 0 Å². The molecule has 0 aliphatic heterocycles. The van der Waals surface area contributed by atoms with Gasteiger partial charge >= 0.3 is 0 Å². The summed E-state index contributed by atoms with van der Waals surface area (Å²) in [6.07, 6.45) is 0. The molecule has 1 aromatic rings. The van der Waals surface area contributed by atoms with Crippen molar-refractivity contribution in [2.24, 2.45) is 0 Å². The Hall–Kier alpha value is -1.25. The Kier molecular flexibility index (Phi) is 6.03. The van der Waals surface area contributed by atoms with Crippen molar-refractivity contribution in [1.29, 1.82) is 0 Å². The maximum atomic E-state index is 11.6. The lowest BCUT2D eigenvalue weighted by atomic mass is 10.1. The quantitative estimate of drug-likeness (QED) is 0.779. The molecule has 0 spiro atoms. The zero-order chi connectivity index (χ0) is 10.2. The van der Waals surface area contributed by atoms with Crippen LogP contribution in [0.1, 0.15) is 38.5 Å². The van der Waals surface area contributed by atoms with E-state index in [1.165, 1.54) is 4.57 Å². The summed E-state index contributed by atoms with van der Waals surface area (Å²) < 4.78 is 1.39. The van der Waals surface area contributed by atoms with Gasteiger partial charge in [-0.05, 0) is 33.3 Å². The molecule has 0 amide bonds. The van der Waals surface area contributed by atoms with Crippen molar-refractivity contribution in [3.8, 4) is 5.88 Å². The van der Waals surface area contributed by atoms with Gasteiger partial charge in [0.2, 0.25) is 0 Å². The zero-order valence-corrected chi connectivity index (χ0v) is 8.51. The lowest BCUT2D eigenvalue weighted by Crippen LogP contribution is -2.23. The maximum Gasteiger partial charge on any atom is 0.256 e. The molecule has 0 radical (unpaired) electrons. The summed E-state index contributed by atoms with van der Waals surface area (Å²) in [7, 11) is 0. The van der Waals surface area contributed by atoms with Gasteiger partial charge < -0.3 is 5.11 Å². The van der Waals surface area contributed by atoms with Crippen LogP contribution < -0.4 is 5.56 Å². The van der Waals surface area contributed by atoms with Crippen LogP contribution >= 0.6 is 0 Å². The number of nitrogens with zero attached hydrogens (tertiary/aromatic N) is 1. The molecule has 1 heterocycles. The summed E-state index contributed by atoms with van der Waals surface area (Å²) >= 11 is 0. The molecular formula is C12H23NO2. The van der Waals surface area contributed by atoms with E-state index < -0.39 is 0 Å². The van der Waals surface area contributed by atoms with Crippen LogP contribution in [0.5, 0.6) is 5.88 Å². The van der Waals surface area contributed by atoms with Crippen LogP contribution in [0.2, 0.25) is 0 Å². The van der Waals surface area contributed by atoms with E-state index in [2.05, 4.69) is 0 Å². The normalized spacial score (nSPS) is 9.07. The van der Waals surface area contributed by atoms with Crippen molar-refractivity contribution >= 4 is 0 Å². The highest BCUT2D eigenvalue weighted by Crippen LogP contribution is 2.19. The van der Waals surface area contributed by atoms with Crippen molar-refractivity contribution < 1.29 is 5.11 Å². The average Bonchev–Trinajstić information content (AvgIpc) is 2.13. The first-order valence-electron chi connectivity index (χ1n) is 4.40. The van der Waals surface area contributed by atoms with E-state index in [0.29, 0.717) is 6.54 Å². The average molecular weight is 213 g/mol. The third-order valence-corrected chi connectivity index (χ3v) is 2.60. The van der Waals surface area contributed by atoms with E-state index in [1.807, 2.05) is 20.8 Å². The first-order valence-corrected chi connectivity index (χ1v) is 4.40. The highest BCUT2D eigenvalue weighted by atomic mass is 16.3. The fourth-order valence-corrected chi connectivity index (χ4v) is 1.40. The molecule has 1 rings (SSSR count). The van der Waals surface area contributed by atoms with Crippen LogP contribution in [0.25, 0.3) is 0 Å². The maximum absolute atomic E-state index is 11.6. The molecule has 0 atom stereocenters. The number of aromatic nitrogens is 1. The molecule has 0 aromatic carbocycles. The Morgan fingerprint density at radius 1 is 1.07 bits per heavy atom. The second-order valence-electron chi connectivity index (χ2n) is 3.25. The van der Waals surface area contributed by atoms with Gasteiger partial charge in [-0.3, -0.25) is 9.36 Å². The van der Waals surface area contributed by atoms with Gasteiger partial charge in [0.05, 0.1) is 0 Å². The number of pyridine rings is 1. The minimum Gasteiger partial charge on any atom is -0.494 e. The van der Waals surface area contributed by atoms with E-state index >= 15 is 0 Å². The minimum atomic E-state index is -0.0944. The van der Waals surface area contributed by atoms with E-state index in [-0.39, 0.29) is 26.3 Å². The van der Waals surface area contributed by atoms with Gasteiger partial charge in [0, 0.05) is 17.7 Å². The predicted molar refractivity (Wildman–Crippen MR) is 65.7 cm³/mol. The van der Waals surface area contributed by atoms with Gasteiger partial charge in [-0.15, -0.1) is 0 Å². The molecular weight excluding hydrogens is 190 g/mol. The van der Waals surface area contributed by atoms with Crippen molar-refractivity contribution in [2.45, 2.75) is 49.1 Å². The number of aromatic hydroxyl groups is 1. The zero-order valence-electron chi connectivity index (χ0n) is 8.51. The highest BCUT2D eigenvalue weighted by molar-refractivity contribution is 5.37. The number of rotatable bonds is 1. The van der Waals surface area contributed by atoms with Crippen molar-refractivity contribution in [3.05, 3.63) is 27.0 Å². The van der Waals surface area contributed by atoms with Crippen LogP contribution in [0.15, 0.2) is 4.79 Å². The van der Waals surface area contributed by atoms with Crippen LogP contribution in [0.3, 0.4) is 0 Å². The summed E-state index contributed by atoms with van der Waals surface area (Å²) in [6.45, 7) is 7.81. The number of hydrogen-bond acceptors (Lipinski definition) is 2. The largest absolute Gasteiger partial charge is 0.494 e. The third kappa shape index (κ3) is 2.41. The summed E-state index contributed by atoms with van der Waals surface area (Å²) in [4.78, 5) is 11.6. The van der Waals surface area contributed by atoms with Gasteiger partial charge in [0.1, 0.15) is 0 Å². The molecule has 0 fully saturated rings. The predicted octanol–water partition coefficient (Wildman–Crippen LogP) is 2.77. The second kappa shape index (κ2) is 5.59. The fourth-order valence-electron chi connectivity index (χ4n) is 1.40. The SMILES string of the molecule is C.C.CCn1c(O)c(C)c(C)c(C)c1=O. The Balaban J connectivity index is 0. The van der Waals surface area contributed by atoms with E-state index in [1.54, 1.807) is 6.92 Å². The van der Waals surface area contributed by atoms with Gasteiger partial charge in [0.25, 0.3) is 5.56 Å².